The third-order valence-electron chi connectivity index (χ3n) is 2.17. The first-order chi connectivity index (χ1) is 7.22. The third-order valence-corrected chi connectivity index (χ3v) is 2.36. The number of carbonyl (C=O) groups is 1. The van der Waals surface area contributed by atoms with E-state index in [1.807, 2.05) is 12.1 Å². The number of hydrogen-bond donors (Lipinski definition) is 0. The minimum absolute atomic E-state index is 0.0590. The molecule has 0 aliphatic rings. The van der Waals surface area contributed by atoms with E-state index in [1.165, 1.54) is 0 Å². The first kappa shape index (κ1) is 11.7. The van der Waals surface area contributed by atoms with Crippen LogP contribution in [0.5, 0.6) is 0 Å². The van der Waals surface area contributed by atoms with E-state index in [0.29, 0.717) is 17.9 Å². The van der Waals surface area contributed by atoms with Gasteiger partial charge in [0.25, 0.3) is 0 Å². The van der Waals surface area contributed by atoms with Gasteiger partial charge in [0.1, 0.15) is 0 Å². The zero-order chi connectivity index (χ0) is 11.3. The molecule has 0 N–H and O–H groups in total. The van der Waals surface area contributed by atoms with Crippen LogP contribution in [-0.2, 0) is 0 Å². The zero-order valence-electron chi connectivity index (χ0n) is 8.50. The van der Waals surface area contributed by atoms with Crippen LogP contribution in [0.25, 0.3) is 12.2 Å². The lowest BCUT2D eigenvalue weighted by molar-refractivity contribution is 0.0989. The highest BCUT2D eigenvalue weighted by Crippen LogP contribution is 2.16. The second kappa shape index (κ2) is 5.52. The van der Waals surface area contributed by atoms with Crippen LogP contribution >= 0.6 is 11.6 Å². The Kier molecular flexibility index (Phi) is 4.32. The van der Waals surface area contributed by atoms with Crippen LogP contribution in [0.4, 0.5) is 0 Å². The number of rotatable bonds is 5. The van der Waals surface area contributed by atoms with Gasteiger partial charge in [0.2, 0.25) is 0 Å². The Morgan fingerprint density at radius 3 is 2.47 bits per heavy atom. The van der Waals surface area contributed by atoms with E-state index in [9.17, 15) is 4.79 Å². The summed E-state index contributed by atoms with van der Waals surface area (Å²) in [6.07, 6.45) is 3.83. The van der Waals surface area contributed by atoms with Crippen molar-refractivity contribution >= 4 is 29.5 Å². The molecule has 0 heterocycles. The summed E-state index contributed by atoms with van der Waals surface area (Å²) < 4.78 is 0. The maximum absolute atomic E-state index is 11.6. The molecule has 0 bridgehead atoms. The van der Waals surface area contributed by atoms with Crippen molar-refractivity contribution in [3.8, 4) is 0 Å². The standard InChI is InChI=1S/C13H13ClO/c1-3-10-5-6-12(9-11(10)4-2)13(15)7-8-14/h3-6,9H,1-2,7-8H2. The molecule has 0 amide bonds. The predicted molar refractivity (Wildman–Crippen MR) is 66.3 cm³/mol. The monoisotopic (exact) mass is 220 g/mol. The van der Waals surface area contributed by atoms with Crippen molar-refractivity contribution in [3.63, 3.8) is 0 Å². The van der Waals surface area contributed by atoms with E-state index in [0.717, 1.165) is 11.1 Å². The van der Waals surface area contributed by atoms with Crippen LogP contribution in [0.15, 0.2) is 31.4 Å². The van der Waals surface area contributed by atoms with E-state index < -0.39 is 0 Å². The Bertz CT molecular complexity index is 394. The largest absolute Gasteiger partial charge is 0.294 e. The molecule has 0 fully saturated rings. The lowest BCUT2D eigenvalue weighted by Gasteiger charge is -2.04. The molecular formula is C13H13ClO. The fraction of sp³-hybridized carbons (Fsp3) is 0.154. The number of alkyl halides is 1. The molecule has 0 aromatic heterocycles. The van der Waals surface area contributed by atoms with Crippen molar-refractivity contribution in [2.24, 2.45) is 0 Å². The molecule has 1 aromatic rings. The van der Waals surface area contributed by atoms with Crippen LogP contribution in [0.1, 0.15) is 27.9 Å². The molecule has 1 nitrogen and oxygen atoms in total. The summed E-state index contributed by atoms with van der Waals surface area (Å²) in [5.41, 5.74) is 2.58. The van der Waals surface area contributed by atoms with Gasteiger partial charge in [-0.1, -0.05) is 37.4 Å². The summed E-state index contributed by atoms with van der Waals surface area (Å²) >= 11 is 5.52. The molecule has 0 unspecified atom stereocenters. The van der Waals surface area contributed by atoms with Gasteiger partial charge in [-0.05, 0) is 17.2 Å². The number of ketones is 1. The van der Waals surface area contributed by atoms with Crippen LogP contribution in [0.2, 0.25) is 0 Å². The van der Waals surface area contributed by atoms with E-state index in [1.54, 1.807) is 18.2 Å². The molecule has 78 valence electrons. The number of benzene rings is 1. The highest BCUT2D eigenvalue weighted by molar-refractivity contribution is 6.19. The molecule has 0 aliphatic heterocycles. The molecule has 0 spiro atoms. The molecule has 15 heavy (non-hydrogen) atoms. The smallest absolute Gasteiger partial charge is 0.164 e. The highest BCUT2D eigenvalue weighted by atomic mass is 35.5. The molecule has 0 saturated heterocycles. The van der Waals surface area contributed by atoms with Gasteiger partial charge in [-0.2, -0.15) is 0 Å². The number of halogens is 1. The SMILES string of the molecule is C=Cc1ccc(C(=O)CCCl)cc1C=C. The van der Waals surface area contributed by atoms with Gasteiger partial charge < -0.3 is 0 Å². The van der Waals surface area contributed by atoms with Gasteiger partial charge in [0, 0.05) is 17.9 Å². The fourth-order valence-electron chi connectivity index (χ4n) is 1.34. The van der Waals surface area contributed by atoms with Gasteiger partial charge in [-0.15, -0.1) is 11.6 Å². The minimum Gasteiger partial charge on any atom is -0.294 e. The summed E-state index contributed by atoms with van der Waals surface area (Å²) in [6.45, 7) is 7.40. The quantitative estimate of drug-likeness (QED) is 0.545. The van der Waals surface area contributed by atoms with Crippen molar-refractivity contribution in [2.75, 3.05) is 5.88 Å². The van der Waals surface area contributed by atoms with Crippen molar-refractivity contribution < 1.29 is 4.79 Å². The Balaban J connectivity index is 3.07. The third kappa shape index (κ3) is 2.80. The van der Waals surface area contributed by atoms with Crippen LogP contribution in [0, 0.1) is 0 Å². The van der Waals surface area contributed by atoms with Gasteiger partial charge in [-0.3, -0.25) is 4.79 Å². The second-order valence-corrected chi connectivity index (χ2v) is 3.49. The molecular weight excluding hydrogens is 208 g/mol. The average molecular weight is 221 g/mol. The van der Waals surface area contributed by atoms with Gasteiger partial charge in [0.15, 0.2) is 5.78 Å². The lowest BCUT2D eigenvalue weighted by Crippen LogP contribution is -2.00. The summed E-state index contributed by atoms with van der Waals surface area (Å²) in [6, 6.07) is 5.48. The number of hydrogen-bond acceptors (Lipinski definition) is 1. The lowest BCUT2D eigenvalue weighted by atomic mass is 10.0. The highest BCUT2D eigenvalue weighted by Gasteiger charge is 2.06. The van der Waals surface area contributed by atoms with Crippen molar-refractivity contribution in [1.82, 2.24) is 0 Å². The molecule has 0 atom stereocenters. The summed E-state index contributed by atoms with van der Waals surface area (Å²) in [5, 5.41) is 0. The second-order valence-electron chi connectivity index (χ2n) is 3.11. The van der Waals surface area contributed by atoms with Crippen molar-refractivity contribution in [3.05, 3.63) is 48.0 Å². The maximum Gasteiger partial charge on any atom is 0.164 e. The normalized spacial score (nSPS) is 9.67. The Morgan fingerprint density at radius 2 is 1.93 bits per heavy atom. The van der Waals surface area contributed by atoms with E-state index in [-0.39, 0.29) is 5.78 Å². The van der Waals surface area contributed by atoms with Gasteiger partial charge in [-0.25, -0.2) is 0 Å². The first-order valence-electron chi connectivity index (χ1n) is 4.71. The molecule has 0 radical (unpaired) electrons. The van der Waals surface area contributed by atoms with Crippen LogP contribution in [-0.4, -0.2) is 11.7 Å². The predicted octanol–water partition coefficient (Wildman–Crippen LogP) is 3.78. The van der Waals surface area contributed by atoms with Gasteiger partial charge in [0.05, 0.1) is 0 Å². The van der Waals surface area contributed by atoms with Crippen LogP contribution in [0.3, 0.4) is 0 Å². The molecule has 0 aliphatic carbocycles. The molecule has 1 aromatic carbocycles. The first-order valence-corrected chi connectivity index (χ1v) is 5.24. The molecule has 2 heteroatoms. The van der Waals surface area contributed by atoms with E-state index in [4.69, 9.17) is 11.6 Å². The average Bonchev–Trinajstić information content (AvgIpc) is 2.28. The zero-order valence-corrected chi connectivity index (χ0v) is 9.26. The molecule has 0 saturated carbocycles. The summed E-state index contributed by atoms with van der Waals surface area (Å²) in [4.78, 5) is 11.6. The van der Waals surface area contributed by atoms with E-state index in [2.05, 4.69) is 13.2 Å². The topological polar surface area (TPSA) is 17.1 Å². The maximum atomic E-state index is 11.6. The summed E-state index contributed by atoms with van der Waals surface area (Å²) in [5.74, 6) is 0.412. The molecule has 1 rings (SSSR count). The van der Waals surface area contributed by atoms with Crippen molar-refractivity contribution in [1.29, 1.82) is 0 Å². The summed E-state index contributed by atoms with van der Waals surface area (Å²) in [7, 11) is 0. The number of carbonyl (C=O) groups excluding carboxylic acids is 1. The van der Waals surface area contributed by atoms with Crippen LogP contribution < -0.4 is 0 Å². The van der Waals surface area contributed by atoms with E-state index >= 15 is 0 Å². The van der Waals surface area contributed by atoms with Crippen molar-refractivity contribution in [2.45, 2.75) is 6.42 Å². The Labute approximate surface area is 95.1 Å². The number of Topliss-reactive ketones (excluding diaryl/α,β-unsaturated/α-hetero) is 1. The minimum atomic E-state index is 0.0590. The Hall–Kier alpha value is -1.34. The van der Waals surface area contributed by atoms with Gasteiger partial charge >= 0.3 is 0 Å². The fourth-order valence-corrected chi connectivity index (χ4v) is 1.51. The Morgan fingerprint density at radius 1 is 1.27 bits per heavy atom.